The number of ketones is 1. The van der Waals surface area contributed by atoms with Crippen LogP contribution in [0.25, 0.3) is 0 Å². The van der Waals surface area contributed by atoms with Gasteiger partial charge in [0.05, 0.1) is 0 Å². The topological polar surface area (TPSA) is 23.6 Å². The SMILES string of the molecule is CC(=O)C(C)(C)CN1CCC(N2CCCC2)C1. The average Bonchev–Trinajstić information content (AvgIpc) is 2.85. The van der Waals surface area contributed by atoms with Gasteiger partial charge < -0.3 is 4.90 Å². The van der Waals surface area contributed by atoms with Gasteiger partial charge in [-0.05, 0) is 45.8 Å². The molecule has 98 valence electrons. The molecule has 0 spiro atoms. The second-order valence-electron chi connectivity index (χ2n) is 6.36. The Bertz CT molecular complexity index is 282. The highest BCUT2D eigenvalue weighted by atomic mass is 16.1. The van der Waals surface area contributed by atoms with Crippen LogP contribution >= 0.6 is 0 Å². The Balaban J connectivity index is 1.83. The molecule has 3 nitrogen and oxygen atoms in total. The molecule has 0 aromatic carbocycles. The van der Waals surface area contributed by atoms with Crippen LogP contribution in [0.4, 0.5) is 0 Å². The largest absolute Gasteiger partial charge is 0.301 e. The van der Waals surface area contributed by atoms with Gasteiger partial charge in [-0.15, -0.1) is 0 Å². The van der Waals surface area contributed by atoms with Crippen LogP contribution in [0, 0.1) is 5.41 Å². The molecule has 2 rings (SSSR count). The van der Waals surface area contributed by atoms with Crippen molar-refractivity contribution in [1.29, 1.82) is 0 Å². The van der Waals surface area contributed by atoms with Crippen LogP contribution < -0.4 is 0 Å². The van der Waals surface area contributed by atoms with E-state index in [9.17, 15) is 4.79 Å². The number of rotatable bonds is 4. The summed E-state index contributed by atoms with van der Waals surface area (Å²) < 4.78 is 0. The number of carbonyl (C=O) groups is 1. The van der Waals surface area contributed by atoms with Crippen molar-refractivity contribution in [3.05, 3.63) is 0 Å². The van der Waals surface area contributed by atoms with Crippen LogP contribution in [0.2, 0.25) is 0 Å². The number of hydrogen-bond donors (Lipinski definition) is 0. The molecule has 2 aliphatic heterocycles. The van der Waals surface area contributed by atoms with Crippen LogP contribution in [-0.2, 0) is 4.79 Å². The number of nitrogens with zero attached hydrogens (tertiary/aromatic N) is 2. The van der Waals surface area contributed by atoms with Gasteiger partial charge in [0.2, 0.25) is 0 Å². The molecule has 0 aromatic rings. The highest BCUT2D eigenvalue weighted by Crippen LogP contribution is 2.24. The minimum absolute atomic E-state index is 0.181. The van der Waals surface area contributed by atoms with E-state index in [4.69, 9.17) is 0 Å². The van der Waals surface area contributed by atoms with E-state index in [0.717, 1.165) is 25.7 Å². The van der Waals surface area contributed by atoms with Crippen molar-refractivity contribution in [1.82, 2.24) is 9.80 Å². The quantitative estimate of drug-likeness (QED) is 0.746. The van der Waals surface area contributed by atoms with E-state index in [1.54, 1.807) is 6.92 Å². The molecule has 0 aliphatic carbocycles. The summed E-state index contributed by atoms with van der Waals surface area (Å²) in [7, 11) is 0. The van der Waals surface area contributed by atoms with Crippen molar-refractivity contribution >= 4 is 5.78 Å². The molecular weight excluding hydrogens is 212 g/mol. The zero-order valence-corrected chi connectivity index (χ0v) is 11.5. The van der Waals surface area contributed by atoms with Gasteiger partial charge in [-0.2, -0.15) is 0 Å². The van der Waals surface area contributed by atoms with Gasteiger partial charge in [0.15, 0.2) is 0 Å². The Morgan fingerprint density at radius 3 is 2.47 bits per heavy atom. The summed E-state index contributed by atoms with van der Waals surface area (Å²) in [4.78, 5) is 16.7. The lowest BCUT2D eigenvalue weighted by Gasteiger charge is -2.29. The lowest BCUT2D eigenvalue weighted by atomic mass is 9.88. The third-order valence-electron chi connectivity index (χ3n) is 4.48. The smallest absolute Gasteiger partial charge is 0.136 e. The average molecular weight is 238 g/mol. The molecule has 2 fully saturated rings. The highest BCUT2D eigenvalue weighted by molar-refractivity contribution is 5.81. The fourth-order valence-corrected chi connectivity index (χ4v) is 3.03. The zero-order valence-electron chi connectivity index (χ0n) is 11.5. The molecule has 3 heteroatoms. The van der Waals surface area contributed by atoms with Crippen molar-refractivity contribution < 1.29 is 4.79 Å². The molecule has 2 heterocycles. The van der Waals surface area contributed by atoms with Crippen LogP contribution in [0.3, 0.4) is 0 Å². The summed E-state index contributed by atoms with van der Waals surface area (Å²) in [5, 5.41) is 0. The fourth-order valence-electron chi connectivity index (χ4n) is 3.03. The van der Waals surface area contributed by atoms with Gasteiger partial charge in [-0.3, -0.25) is 9.69 Å². The Hall–Kier alpha value is -0.410. The molecular formula is C14H26N2O. The van der Waals surface area contributed by atoms with E-state index in [1.165, 1.54) is 32.4 Å². The molecule has 1 atom stereocenters. The second kappa shape index (κ2) is 5.07. The van der Waals surface area contributed by atoms with E-state index < -0.39 is 0 Å². The van der Waals surface area contributed by atoms with Crippen LogP contribution in [-0.4, -0.2) is 54.3 Å². The van der Waals surface area contributed by atoms with Crippen LogP contribution in [0.15, 0.2) is 0 Å². The summed E-state index contributed by atoms with van der Waals surface area (Å²) in [6, 6.07) is 0.750. The lowest BCUT2D eigenvalue weighted by molar-refractivity contribution is -0.125. The van der Waals surface area contributed by atoms with E-state index in [-0.39, 0.29) is 5.41 Å². The minimum atomic E-state index is -0.181. The Morgan fingerprint density at radius 2 is 1.88 bits per heavy atom. The first-order valence-corrected chi connectivity index (χ1v) is 6.96. The van der Waals surface area contributed by atoms with Crippen LogP contribution in [0.5, 0.6) is 0 Å². The number of carbonyl (C=O) groups excluding carboxylic acids is 1. The molecule has 0 bridgehead atoms. The zero-order chi connectivity index (χ0) is 12.5. The Morgan fingerprint density at radius 1 is 1.24 bits per heavy atom. The van der Waals surface area contributed by atoms with Gasteiger partial charge >= 0.3 is 0 Å². The lowest BCUT2D eigenvalue weighted by Crippen LogP contribution is -2.40. The maximum absolute atomic E-state index is 11.6. The summed E-state index contributed by atoms with van der Waals surface area (Å²) in [6.07, 6.45) is 4.03. The minimum Gasteiger partial charge on any atom is -0.301 e. The third kappa shape index (κ3) is 3.08. The molecule has 2 saturated heterocycles. The first kappa shape index (κ1) is 13.0. The van der Waals surface area contributed by atoms with E-state index in [0.29, 0.717) is 5.78 Å². The summed E-state index contributed by atoms with van der Waals surface area (Å²) >= 11 is 0. The van der Waals surface area contributed by atoms with E-state index in [1.807, 2.05) is 0 Å². The molecule has 0 aromatic heterocycles. The van der Waals surface area contributed by atoms with Gasteiger partial charge in [0.1, 0.15) is 5.78 Å². The number of hydrogen-bond acceptors (Lipinski definition) is 3. The number of likely N-dealkylation sites (tertiary alicyclic amines) is 2. The summed E-state index contributed by atoms with van der Waals surface area (Å²) in [5.41, 5.74) is -0.181. The third-order valence-corrected chi connectivity index (χ3v) is 4.48. The van der Waals surface area contributed by atoms with Gasteiger partial charge in [-0.1, -0.05) is 13.8 Å². The van der Waals surface area contributed by atoms with Crippen molar-refractivity contribution in [2.75, 3.05) is 32.7 Å². The second-order valence-corrected chi connectivity index (χ2v) is 6.36. The number of Topliss-reactive ketones (excluding diaryl/α,β-unsaturated/α-hetero) is 1. The molecule has 0 saturated carbocycles. The van der Waals surface area contributed by atoms with Gasteiger partial charge in [-0.25, -0.2) is 0 Å². The summed E-state index contributed by atoms with van der Waals surface area (Å²) in [6.45, 7) is 11.7. The van der Waals surface area contributed by atoms with Crippen molar-refractivity contribution in [3.8, 4) is 0 Å². The maximum atomic E-state index is 11.6. The normalized spacial score (nSPS) is 27.8. The molecule has 0 N–H and O–H groups in total. The van der Waals surface area contributed by atoms with Crippen molar-refractivity contribution in [2.45, 2.75) is 46.1 Å². The molecule has 0 amide bonds. The first-order valence-electron chi connectivity index (χ1n) is 6.96. The monoisotopic (exact) mass is 238 g/mol. The van der Waals surface area contributed by atoms with Crippen molar-refractivity contribution in [2.24, 2.45) is 5.41 Å². The predicted octanol–water partition coefficient (Wildman–Crippen LogP) is 1.77. The molecule has 0 radical (unpaired) electrons. The van der Waals surface area contributed by atoms with Crippen LogP contribution in [0.1, 0.15) is 40.0 Å². The molecule has 2 aliphatic rings. The Kier molecular flexibility index (Phi) is 3.88. The van der Waals surface area contributed by atoms with E-state index >= 15 is 0 Å². The standard InChI is InChI=1S/C14H26N2O/c1-12(17)14(2,3)11-15-9-6-13(10-15)16-7-4-5-8-16/h13H,4-11H2,1-3H3. The fraction of sp³-hybridized carbons (Fsp3) is 0.929. The Labute approximate surface area is 105 Å². The predicted molar refractivity (Wildman–Crippen MR) is 70.1 cm³/mol. The maximum Gasteiger partial charge on any atom is 0.136 e. The highest BCUT2D eigenvalue weighted by Gasteiger charge is 2.33. The van der Waals surface area contributed by atoms with Crippen molar-refractivity contribution in [3.63, 3.8) is 0 Å². The summed E-state index contributed by atoms with van der Waals surface area (Å²) in [5.74, 6) is 0.308. The molecule has 1 unspecified atom stereocenters. The first-order chi connectivity index (χ1) is 7.99. The van der Waals surface area contributed by atoms with E-state index in [2.05, 4.69) is 23.6 Å². The van der Waals surface area contributed by atoms with Gasteiger partial charge in [0, 0.05) is 24.5 Å². The molecule has 17 heavy (non-hydrogen) atoms. The van der Waals surface area contributed by atoms with Gasteiger partial charge in [0.25, 0.3) is 0 Å².